The van der Waals surface area contributed by atoms with E-state index < -0.39 is 16.2 Å². The van der Waals surface area contributed by atoms with Gasteiger partial charge in [0, 0.05) is 12.3 Å². The number of amides is 1. The van der Waals surface area contributed by atoms with E-state index >= 15 is 0 Å². The number of hydrogen-bond acceptors (Lipinski definition) is 7. The van der Waals surface area contributed by atoms with Crippen LogP contribution in [0.5, 0.6) is 5.75 Å². The van der Waals surface area contributed by atoms with Crippen LogP contribution in [0.2, 0.25) is 0 Å². The Balaban J connectivity index is 0.000000412. The number of ether oxygens (including phenoxy) is 2. The third-order valence-corrected chi connectivity index (χ3v) is 6.01. The second-order valence-electron chi connectivity index (χ2n) is 7.40. The molecule has 184 valence electrons. The van der Waals surface area contributed by atoms with Crippen molar-refractivity contribution in [3.05, 3.63) is 54.1 Å². The molecular formula is C23H33NO7S2. The smallest absolute Gasteiger partial charge is 0.229 e. The predicted octanol–water partition coefficient (Wildman–Crippen LogP) is 2.57. The second kappa shape index (κ2) is 14.9. The fourth-order valence-electron chi connectivity index (χ4n) is 2.35. The van der Waals surface area contributed by atoms with Crippen LogP contribution in [-0.4, -0.2) is 68.2 Å². The fraction of sp³-hybridized carbons (Fsp3) is 0.435. The lowest BCUT2D eigenvalue weighted by molar-refractivity contribution is -0.115. The van der Waals surface area contributed by atoms with Crippen LogP contribution in [0, 0.1) is 6.92 Å². The Labute approximate surface area is 199 Å². The molecule has 0 aromatic heterocycles. The van der Waals surface area contributed by atoms with Gasteiger partial charge >= 0.3 is 0 Å². The van der Waals surface area contributed by atoms with Crippen LogP contribution in [0.1, 0.15) is 18.9 Å². The number of aliphatic hydroxyl groups is 1. The van der Waals surface area contributed by atoms with E-state index in [0.29, 0.717) is 18.8 Å². The monoisotopic (exact) mass is 499 g/mol. The Morgan fingerprint density at radius 1 is 1.09 bits per heavy atom. The summed E-state index contributed by atoms with van der Waals surface area (Å²) in [5.74, 6) is 1.59. The van der Waals surface area contributed by atoms with E-state index in [2.05, 4.69) is 17.8 Å². The van der Waals surface area contributed by atoms with Crippen molar-refractivity contribution in [2.24, 2.45) is 0 Å². The number of carbonyl (C=O) groups is 1. The first-order valence-electron chi connectivity index (χ1n) is 10.4. The lowest BCUT2D eigenvalue weighted by atomic mass is 10.2. The minimum absolute atomic E-state index is 0.0296. The van der Waals surface area contributed by atoms with E-state index in [9.17, 15) is 22.9 Å². The highest BCUT2D eigenvalue weighted by Crippen LogP contribution is 2.16. The third-order valence-electron chi connectivity index (χ3n) is 4.14. The van der Waals surface area contributed by atoms with Crippen LogP contribution >= 0.6 is 0 Å². The first kappa shape index (κ1) is 28.9. The number of aliphatic hydroxyl groups excluding tert-OH is 1. The zero-order valence-corrected chi connectivity index (χ0v) is 21.1. The van der Waals surface area contributed by atoms with Gasteiger partial charge in [0.1, 0.15) is 34.3 Å². The fourth-order valence-corrected chi connectivity index (χ4v) is 3.42. The first-order chi connectivity index (χ1) is 15.5. The van der Waals surface area contributed by atoms with E-state index in [0.717, 1.165) is 17.0 Å². The van der Waals surface area contributed by atoms with Gasteiger partial charge in [-0.1, -0.05) is 17.7 Å². The summed E-state index contributed by atoms with van der Waals surface area (Å²) in [5, 5.41) is 12.5. The molecule has 0 unspecified atom stereocenters. The van der Waals surface area contributed by atoms with Gasteiger partial charge in [0.05, 0.1) is 30.4 Å². The van der Waals surface area contributed by atoms with Gasteiger partial charge in [-0.05, 0) is 61.1 Å². The molecule has 2 aromatic carbocycles. The van der Waals surface area contributed by atoms with Crippen molar-refractivity contribution in [1.82, 2.24) is 0 Å². The highest BCUT2D eigenvalue weighted by Gasteiger charge is 2.09. The summed E-state index contributed by atoms with van der Waals surface area (Å²) >= 11 is 0. The molecule has 0 bridgehead atoms. The van der Waals surface area contributed by atoms with Gasteiger partial charge in [-0.3, -0.25) is 4.79 Å². The largest absolute Gasteiger partial charge is 0.744 e. The molecule has 0 spiro atoms. The average Bonchev–Trinajstić information content (AvgIpc) is 2.76. The number of rotatable bonds is 11. The van der Waals surface area contributed by atoms with E-state index in [1.807, 2.05) is 13.8 Å². The van der Waals surface area contributed by atoms with Crippen molar-refractivity contribution in [3.63, 3.8) is 0 Å². The van der Waals surface area contributed by atoms with Gasteiger partial charge in [0.15, 0.2) is 0 Å². The first-order valence-corrected chi connectivity index (χ1v) is 14.0. The van der Waals surface area contributed by atoms with Crippen molar-refractivity contribution in [1.29, 1.82) is 0 Å². The zero-order valence-electron chi connectivity index (χ0n) is 19.4. The normalized spacial score (nSPS) is 12.0. The minimum atomic E-state index is -4.27. The summed E-state index contributed by atoms with van der Waals surface area (Å²) in [4.78, 5) is 11.6. The Hall–Kier alpha value is -2.11. The summed E-state index contributed by atoms with van der Waals surface area (Å²) in [7, 11) is -3.99. The van der Waals surface area contributed by atoms with Crippen molar-refractivity contribution < 1.29 is 32.3 Å². The number of anilines is 1. The van der Waals surface area contributed by atoms with Crippen LogP contribution in [0.25, 0.3) is 0 Å². The van der Waals surface area contributed by atoms with Crippen molar-refractivity contribution >= 4 is 32.6 Å². The predicted molar refractivity (Wildman–Crippen MR) is 131 cm³/mol. The molecule has 2 aromatic rings. The maximum atomic E-state index is 11.7. The molecule has 0 aliphatic heterocycles. The highest BCUT2D eigenvalue weighted by molar-refractivity contribution is 7.95. The topological polar surface area (TPSA) is 125 Å². The molecule has 2 N–H and O–H groups in total. The summed E-state index contributed by atoms with van der Waals surface area (Å²) in [5.41, 5.74) is 1.68. The van der Waals surface area contributed by atoms with Crippen molar-refractivity contribution in [3.8, 4) is 5.75 Å². The molecule has 2 rings (SSSR count). The second-order valence-corrected chi connectivity index (χ2v) is 11.2. The molecule has 33 heavy (non-hydrogen) atoms. The van der Waals surface area contributed by atoms with Gasteiger partial charge in [-0.25, -0.2) is 8.42 Å². The molecule has 0 radical (unpaired) electrons. The van der Waals surface area contributed by atoms with Gasteiger partial charge in [-0.15, -0.1) is 0 Å². The minimum Gasteiger partial charge on any atom is -0.744 e. The average molecular weight is 500 g/mol. The Bertz CT molecular complexity index is 930. The molecule has 0 aliphatic carbocycles. The van der Waals surface area contributed by atoms with Crippen LogP contribution < -0.4 is 10.1 Å². The molecular weight excluding hydrogens is 466 g/mol. The SMILES string of the molecule is CCOC[C@@H](O)COc1ccc(NC(=O)CC[S+](C)C)cc1.Cc1ccc(S(=O)(=O)[O-])cc1. The van der Waals surface area contributed by atoms with Gasteiger partial charge in [0.25, 0.3) is 0 Å². The Morgan fingerprint density at radius 2 is 1.70 bits per heavy atom. The van der Waals surface area contributed by atoms with E-state index in [-0.39, 0.29) is 34.9 Å². The number of carbonyl (C=O) groups excluding carboxylic acids is 1. The number of aryl methyl sites for hydroxylation is 1. The molecule has 0 saturated carbocycles. The van der Waals surface area contributed by atoms with Crippen LogP contribution in [-0.2, 0) is 30.5 Å². The van der Waals surface area contributed by atoms with Crippen molar-refractivity contribution in [2.75, 3.05) is 43.4 Å². The van der Waals surface area contributed by atoms with Crippen LogP contribution in [0.15, 0.2) is 53.4 Å². The standard InChI is InChI=1S/C16H25NO4S.C7H8O3S/c1-4-20-11-14(18)12-21-15-7-5-13(6-8-15)17-16(19)9-10-22(2)3;1-6-2-4-7(5-3-6)11(8,9)10/h5-8,14,18H,4,9-12H2,1-3H3;2-5H,1H3,(H,8,9,10)/t14-;/m1./s1. The molecule has 0 heterocycles. The van der Waals surface area contributed by atoms with Crippen LogP contribution in [0.4, 0.5) is 5.69 Å². The van der Waals surface area contributed by atoms with E-state index in [1.54, 1.807) is 36.4 Å². The summed E-state index contributed by atoms with van der Waals surface area (Å²) in [6, 6.07) is 12.9. The van der Waals surface area contributed by atoms with Gasteiger partial charge < -0.3 is 24.4 Å². The maximum absolute atomic E-state index is 11.7. The summed E-state index contributed by atoms with van der Waals surface area (Å²) in [6.07, 6.45) is 4.15. The van der Waals surface area contributed by atoms with E-state index in [1.165, 1.54) is 12.1 Å². The third kappa shape index (κ3) is 13.2. The maximum Gasteiger partial charge on any atom is 0.229 e. The molecule has 8 nitrogen and oxygen atoms in total. The lowest BCUT2D eigenvalue weighted by Crippen LogP contribution is -2.23. The molecule has 0 aliphatic rings. The molecule has 0 fully saturated rings. The summed E-state index contributed by atoms with van der Waals surface area (Å²) in [6.45, 7) is 4.72. The van der Waals surface area contributed by atoms with Gasteiger partial charge in [0.2, 0.25) is 5.91 Å². The Morgan fingerprint density at radius 3 is 2.21 bits per heavy atom. The van der Waals surface area contributed by atoms with Gasteiger partial charge in [-0.2, -0.15) is 0 Å². The lowest BCUT2D eigenvalue weighted by Gasteiger charge is -2.12. The zero-order chi connectivity index (χ0) is 24.9. The Kier molecular flexibility index (Phi) is 13.1. The van der Waals surface area contributed by atoms with Crippen LogP contribution in [0.3, 0.4) is 0 Å². The highest BCUT2D eigenvalue weighted by atomic mass is 32.2. The summed E-state index contributed by atoms with van der Waals surface area (Å²) < 4.78 is 41.7. The van der Waals surface area contributed by atoms with Crippen molar-refractivity contribution in [2.45, 2.75) is 31.3 Å². The number of benzene rings is 2. The molecule has 1 amide bonds. The number of nitrogens with one attached hydrogen (secondary N) is 1. The molecule has 1 atom stereocenters. The quantitative estimate of drug-likeness (QED) is 0.360. The van der Waals surface area contributed by atoms with E-state index in [4.69, 9.17) is 9.47 Å². The molecule has 10 heteroatoms. The number of hydrogen-bond donors (Lipinski definition) is 2. The molecule has 0 saturated heterocycles.